The number of unbranched alkanes of at least 4 members (excludes halogenated alkanes) is 1. The lowest BCUT2D eigenvalue weighted by Gasteiger charge is -2.12. The van der Waals surface area contributed by atoms with E-state index in [1.807, 2.05) is 37.3 Å². The van der Waals surface area contributed by atoms with Crippen LogP contribution in [0.4, 0.5) is 0 Å². The Bertz CT molecular complexity index is 300. The molecule has 1 unspecified atom stereocenters. The molecule has 0 saturated heterocycles. The largest absolute Gasteiger partial charge is 0.307 e. The molecule has 0 saturated carbocycles. The molecule has 1 atom stereocenters. The number of ketones is 1. The third-order valence-corrected chi connectivity index (χ3v) is 2.43. The second-order valence-corrected chi connectivity index (χ2v) is 3.76. The minimum atomic E-state index is -0.0843. The van der Waals surface area contributed by atoms with Crippen LogP contribution in [0.1, 0.15) is 37.0 Å². The lowest BCUT2D eigenvalue weighted by atomic mass is 10.1. The van der Waals surface area contributed by atoms with Gasteiger partial charge in [-0.05, 0) is 19.9 Å². The van der Waals surface area contributed by atoms with Crippen molar-refractivity contribution in [1.82, 2.24) is 5.32 Å². The molecular formula is C13H20BrNO. The quantitative estimate of drug-likeness (QED) is 0.642. The van der Waals surface area contributed by atoms with E-state index in [-0.39, 0.29) is 28.8 Å². The summed E-state index contributed by atoms with van der Waals surface area (Å²) in [5, 5.41) is 3.23. The maximum absolute atomic E-state index is 11.9. The summed E-state index contributed by atoms with van der Waals surface area (Å²) in [7, 11) is 0. The van der Waals surface area contributed by atoms with Crippen LogP contribution in [-0.4, -0.2) is 18.4 Å². The van der Waals surface area contributed by atoms with Gasteiger partial charge in [0.2, 0.25) is 0 Å². The Hall–Kier alpha value is -0.670. The summed E-state index contributed by atoms with van der Waals surface area (Å²) >= 11 is 0. The molecule has 0 radical (unpaired) electrons. The first-order valence-electron chi connectivity index (χ1n) is 5.58. The first-order chi connectivity index (χ1) is 7.25. The Labute approximate surface area is 108 Å². The summed E-state index contributed by atoms with van der Waals surface area (Å²) < 4.78 is 0. The zero-order valence-corrected chi connectivity index (χ0v) is 11.6. The highest BCUT2D eigenvalue weighted by atomic mass is 79.9. The molecular weight excluding hydrogens is 266 g/mol. The van der Waals surface area contributed by atoms with Crippen molar-refractivity contribution in [3.8, 4) is 0 Å². The zero-order chi connectivity index (χ0) is 11.1. The Kier molecular flexibility index (Phi) is 8.12. The van der Waals surface area contributed by atoms with E-state index in [4.69, 9.17) is 0 Å². The summed E-state index contributed by atoms with van der Waals surface area (Å²) in [4.78, 5) is 11.9. The van der Waals surface area contributed by atoms with E-state index in [2.05, 4.69) is 12.2 Å². The number of benzene rings is 1. The molecule has 1 rings (SSSR count). The van der Waals surface area contributed by atoms with Gasteiger partial charge in [0.25, 0.3) is 0 Å². The second kappa shape index (κ2) is 8.48. The van der Waals surface area contributed by atoms with Crippen molar-refractivity contribution in [1.29, 1.82) is 0 Å². The number of hydrogen-bond donors (Lipinski definition) is 1. The van der Waals surface area contributed by atoms with Crippen molar-refractivity contribution in [3.63, 3.8) is 0 Å². The van der Waals surface area contributed by atoms with Gasteiger partial charge in [0, 0.05) is 5.56 Å². The van der Waals surface area contributed by atoms with Crippen LogP contribution in [0.3, 0.4) is 0 Å². The minimum absolute atomic E-state index is 0. The number of halogens is 1. The zero-order valence-electron chi connectivity index (χ0n) is 9.90. The molecule has 1 aromatic carbocycles. The molecule has 3 heteroatoms. The number of Topliss-reactive ketones (excluding diaryl/α,β-unsaturated/α-hetero) is 1. The van der Waals surface area contributed by atoms with Crippen LogP contribution in [0.15, 0.2) is 30.3 Å². The van der Waals surface area contributed by atoms with Gasteiger partial charge >= 0.3 is 0 Å². The predicted octanol–water partition coefficient (Wildman–Crippen LogP) is 3.23. The van der Waals surface area contributed by atoms with Gasteiger partial charge in [-0.3, -0.25) is 4.79 Å². The van der Waals surface area contributed by atoms with Gasteiger partial charge in [-0.15, -0.1) is 17.0 Å². The molecule has 2 nitrogen and oxygen atoms in total. The lowest BCUT2D eigenvalue weighted by Crippen LogP contribution is -2.34. The summed E-state index contributed by atoms with van der Waals surface area (Å²) in [6.45, 7) is 4.98. The van der Waals surface area contributed by atoms with Crippen molar-refractivity contribution in [2.45, 2.75) is 32.7 Å². The second-order valence-electron chi connectivity index (χ2n) is 3.76. The standard InChI is InChI=1S/C13H19NO.BrH/c1-3-4-10-14-11(2)13(15)12-8-6-5-7-9-12;/h5-9,11,14H,3-4,10H2,1-2H3;1H. The number of carbonyl (C=O) groups is 1. The molecule has 0 bridgehead atoms. The van der Waals surface area contributed by atoms with Crippen LogP contribution >= 0.6 is 17.0 Å². The highest BCUT2D eigenvalue weighted by Crippen LogP contribution is 2.03. The van der Waals surface area contributed by atoms with Crippen LogP contribution in [0.2, 0.25) is 0 Å². The maximum atomic E-state index is 11.9. The summed E-state index contributed by atoms with van der Waals surface area (Å²) in [5.41, 5.74) is 0.786. The average molecular weight is 286 g/mol. The third-order valence-electron chi connectivity index (χ3n) is 2.43. The topological polar surface area (TPSA) is 29.1 Å². The van der Waals surface area contributed by atoms with Crippen LogP contribution < -0.4 is 5.32 Å². The van der Waals surface area contributed by atoms with Crippen LogP contribution in [0, 0.1) is 0 Å². The lowest BCUT2D eigenvalue weighted by molar-refractivity contribution is 0.0951. The first kappa shape index (κ1) is 15.3. The third kappa shape index (κ3) is 4.90. The fraction of sp³-hybridized carbons (Fsp3) is 0.462. The Morgan fingerprint density at radius 1 is 1.31 bits per heavy atom. The van der Waals surface area contributed by atoms with Crippen LogP contribution in [0.5, 0.6) is 0 Å². The smallest absolute Gasteiger partial charge is 0.179 e. The van der Waals surface area contributed by atoms with Crippen molar-refractivity contribution in [2.24, 2.45) is 0 Å². The number of carbonyl (C=O) groups excluding carboxylic acids is 1. The number of nitrogens with one attached hydrogen (secondary N) is 1. The molecule has 16 heavy (non-hydrogen) atoms. The fourth-order valence-electron chi connectivity index (χ4n) is 1.44. The van der Waals surface area contributed by atoms with Crippen molar-refractivity contribution in [2.75, 3.05) is 6.54 Å². The van der Waals surface area contributed by atoms with Crippen LogP contribution in [-0.2, 0) is 0 Å². The molecule has 1 N–H and O–H groups in total. The summed E-state index contributed by atoms with van der Waals surface area (Å²) in [6.07, 6.45) is 2.27. The summed E-state index contributed by atoms with van der Waals surface area (Å²) in [5.74, 6) is 0.173. The molecule has 0 aliphatic rings. The molecule has 0 amide bonds. The molecule has 0 aliphatic heterocycles. The van der Waals surface area contributed by atoms with E-state index in [1.165, 1.54) is 0 Å². The molecule has 0 spiro atoms. The van der Waals surface area contributed by atoms with Crippen LogP contribution in [0.25, 0.3) is 0 Å². The van der Waals surface area contributed by atoms with Gasteiger partial charge in [-0.25, -0.2) is 0 Å². The van der Waals surface area contributed by atoms with E-state index in [0.29, 0.717) is 0 Å². The average Bonchev–Trinajstić information content (AvgIpc) is 2.29. The molecule has 1 aromatic rings. The van der Waals surface area contributed by atoms with E-state index < -0.39 is 0 Å². The van der Waals surface area contributed by atoms with Gasteiger partial charge in [-0.2, -0.15) is 0 Å². The first-order valence-corrected chi connectivity index (χ1v) is 5.58. The molecule has 90 valence electrons. The monoisotopic (exact) mass is 285 g/mol. The van der Waals surface area contributed by atoms with E-state index in [9.17, 15) is 4.79 Å². The molecule has 0 aromatic heterocycles. The van der Waals surface area contributed by atoms with Gasteiger partial charge < -0.3 is 5.32 Å². The predicted molar refractivity (Wildman–Crippen MR) is 73.5 cm³/mol. The van der Waals surface area contributed by atoms with Gasteiger partial charge in [0.1, 0.15) is 0 Å². The van der Waals surface area contributed by atoms with Gasteiger partial charge in [-0.1, -0.05) is 43.7 Å². The Morgan fingerprint density at radius 3 is 2.50 bits per heavy atom. The normalized spacial score (nSPS) is 11.6. The van der Waals surface area contributed by atoms with Crippen molar-refractivity contribution < 1.29 is 4.79 Å². The van der Waals surface area contributed by atoms with Crippen molar-refractivity contribution in [3.05, 3.63) is 35.9 Å². The SMILES string of the molecule is Br.CCCCNC(C)C(=O)c1ccccc1. The number of hydrogen-bond acceptors (Lipinski definition) is 2. The van der Waals surface area contributed by atoms with E-state index >= 15 is 0 Å². The maximum Gasteiger partial charge on any atom is 0.179 e. The van der Waals surface area contributed by atoms with Gasteiger partial charge in [0.15, 0.2) is 5.78 Å². The highest BCUT2D eigenvalue weighted by molar-refractivity contribution is 8.93. The van der Waals surface area contributed by atoms with E-state index in [1.54, 1.807) is 0 Å². The highest BCUT2D eigenvalue weighted by Gasteiger charge is 2.13. The Balaban J connectivity index is 0.00000225. The summed E-state index contributed by atoms with van der Waals surface area (Å²) in [6, 6.07) is 9.35. The van der Waals surface area contributed by atoms with Gasteiger partial charge in [0.05, 0.1) is 6.04 Å². The molecule has 0 heterocycles. The Morgan fingerprint density at radius 2 is 1.94 bits per heavy atom. The molecule has 0 fully saturated rings. The van der Waals surface area contributed by atoms with Crippen molar-refractivity contribution >= 4 is 22.8 Å². The van der Waals surface area contributed by atoms with E-state index in [0.717, 1.165) is 24.9 Å². The fourth-order valence-corrected chi connectivity index (χ4v) is 1.44. The number of rotatable bonds is 6. The molecule has 0 aliphatic carbocycles. The minimum Gasteiger partial charge on any atom is -0.307 e.